The molecule has 0 aliphatic rings. The van der Waals surface area contributed by atoms with E-state index in [0.717, 1.165) is 24.9 Å². The van der Waals surface area contributed by atoms with Crippen molar-refractivity contribution in [1.29, 1.82) is 0 Å². The second-order valence-electron chi connectivity index (χ2n) is 2.17. The Hall–Kier alpha value is -0.130. The summed E-state index contributed by atoms with van der Waals surface area (Å²) >= 11 is 5.98. The number of carbonyl (C=O) groups is 1. The molecule has 0 aromatic carbocycles. The van der Waals surface area contributed by atoms with Crippen molar-refractivity contribution in [3.8, 4) is 0 Å². The maximum absolute atomic E-state index is 10.6. The quantitative estimate of drug-likeness (QED) is 0.557. The van der Waals surface area contributed by atoms with Gasteiger partial charge in [0.25, 0.3) is 0 Å². The van der Waals surface area contributed by atoms with Crippen molar-refractivity contribution in [2.45, 2.75) is 20.8 Å². The molecule has 0 amide bonds. The van der Waals surface area contributed by atoms with E-state index in [2.05, 4.69) is 5.43 Å². The molecule has 0 aliphatic carbocycles. The Balaban J connectivity index is 3.74. The second-order valence-corrected chi connectivity index (χ2v) is 4.02. The third kappa shape index (κ3) is 5.51. The van der Waals surface area contributed by atoms with Crippen LogP contribution in [-0.2, 0) is 4.79 Å². The van der Waals surface area contributed by atoms with Crippen molar-refractivity contribution in [2.24, 2.45) is 0 Å². The van der Waals surface area contributed by atoms with Crippen LogP contribution in [0.15, 0.2) is 0 Å². The van der Waals surface area contributed by atoms with Crippen LogP contribution < -0.4 is 5.43 Å². The monoisotopic (exact) mass is 206 g/mol. The van der Waals surface area contributed by atoms with E-state index < -0.39 is 0 Å². The molecule has 0 aromatic rings. The zero-order valence-corrected chi connectivity index (χ0v) is 9.22. The first-order chi connectivity index (χ1) is 5.60. The topological polar surface area (TPSA) is 32.3 Å². The van der Waals surface area contributed by atoms with Crippen molar-refractivity contribution in [2.75, 3.05) is 13.1 Å². The third-order valence-corrected chi connectivity index (χ3v) is 2.15. The molecule has 0 unspecified atom stereocenters. The molecule has 5 heteroatoms. The fourth-order valence-corrected chi connectivity index (χ4v) is 1.58. The highest BCUT2D eigenvalue weighted by molar-refractivity contribution is 8.32. The van der Waals surface area contributed by atoms with E-state index in [0.29, 0.717) is 4.32 Å². The second kappa shape index (κ2) is 6.39. The maximum atomic E-state index is 10.6. The fraction of sp³-hybridized carbons (Fsp3) is 0.714. The SMILES string of the molecule is CCN(CC)NC(=S)SC(C)=O. The Bertz CT molecular complexity index is 169. The smallest absolute Gasteiger partial charge is 0.192 e. The van der Waals surface area contributed by atoms with E-state index >= 15 is 0 Å². The van der Waals surface area contributed by atoms with Crippen molar-refractivity contribution in [3.63, 3.8) is 0 Å². The van der Waals surface area contributed by atoms with Crippen LogP contribution in [0.4, 0.5) is 0 Å². The Morgan fingerprint density at radius 2 is 2.00 bits per heavy atom. The summed E-state index contributed by atoms with van der Waals surface area (Å²) in [7, 11) is 0. The van der Waals surface area contributed by atoms with Gasteiger partial charge in [-0.25, -0.2) is 5.01 Å². The molecule has 0 saturated carbocycles. The van der Waals surface area contributed by atoms with Crippen LogP contribution in [-0.4, -0.2) is 27.5 Å². The minimum atomic E-state index is 0.0136. The van der Waals surface area contributed by atoms with Crippen LogP contribution in [0.2, 0.25) is 0 Å². The van der Waals surface area contributed by atoms with E-state index in [1.165, 1.54) is 6.92 Å². The molecule has 0 heterocycles. The minimum Gasteiger partial charge on any atom is -0.304 e. The number of carbonyl (C=O) groups excluding carboxylic acids is 1. The first-order valence-electron chi connectivity index (χ1n) is 3.84. The van der Waals surface area contributed by atoms with Gasteiger partial charge in [-0.3, -0.25) is 4.79 Å². The number of hydrazine groups is 1. The van der Waals surface area contributed by atoms with E-state index in [1.807, 2.05) is 18.9 Å². The van der Waals surface area contributed by atoms with Gasteiger partial charge in [0, 0.05) is 20.0 Å². The van der Waals surface area contributed by atoms with Gasteiger partial charge in [-0.2, -0.15) is 0 Å². The molecule has 0 aliphatic heterocycles. The summed E-state index contributed by atoms with van der Waals surface area (Å²) in [6, 6.07) is 0. The number of nitrogens with one attached hydrogen (secondary N) is 1. The fourth-order valence-electron chi connectivity index (χ4n) is 0.664. The van der Waals surface area contributed by atoms with Crippen LogP contribution >= 0.6 is 24.0 Å². The summed E-state index contributed by atoms with van der Waals surface area (Å²) in [6.07, 6.45) is 0. The van der Waals surface area contributed by atoms with Crippen molar-refractivity contribution in [3.05, 3.63) is 0 Å². The molecule has 0 spiro atoms. The predicted molar refractivity (Wildman–Crippen MR) is 56.9 cm³/mol. The van der Waals surface area contributed by atoms with Crippen LogP contribution in [0.3, 0.4) is 0 Å². The largest absolute Gasteiger partial charge is 0.304 e. The Kier molecular flexibility index (Phi) is 6.32. The molecule has 3 nitrogen and oxygen atoms in total. The first kappa shape index (κ1) is 11.9. The average Bonchev–Trinajstić information content (AvgIpc) is 1.98. The normalized spacial score (nSPS) is 10.0. The van der Waals surface area contributed by atoms with Gasteiger partial charge in [0.1, 0.15) is 0 Å². The summed E-state index contributed by atoms with van der Waals surface area (Å²) in [5.41, 5.74) is 2.95. The number of hydrogen-bond donors (Lipinski definition) is 1. The average molecular weight is 206 g/mol. The predicted octanol–water partition coefficient (Wildman–Crippen LogP) is 1.40. The standard InChI is InChI=1S/C7H14N2OS2/c1-4-9(5-2)8-7(11)12-6(3)10/h4-5H2,1-3H3,(H,8,11). The summed E-state index contributed by atoms with van der Waals surface area (Å²) in [5, 5.41) is 1.96. The van der Waals surface area contributed by atoms with Crippen LogP contribution in [0, 0.1) is 0 Å². The van der Waals surface area contributed by atoms with Crippen molar-refractivity contribution in [1.82, 2.24) is 10.4 Å². The lowest BCUT2D eigenvalue weighted by Gasteiger charge is -2.19. The lowest BCUT2D eigenvalue weighted by atomic mass is 10.6. The van der Waals surface area contributed by atoms with Gasteiger partial charge < -0.3 is 5.43 Å². The highest BCUT2D eigenvalue weighted by Crippen LogP contribution is 2.02. The summed E-state index contributed by atoms with van der Waals surface area (Å²) in [6.45, 7) is 7.29. The summed E-state index contributed by atoms with van der Waals surface area (Å²) < 4.78 is 0.520. The summed E-state index contributed by atoms with van der Waals surface area (Å²) in [4.78, 5) is 10.6. The number of nitrogens with zero attached hydrogens (tertiary/aromatic N) is 1. The van der Waals surface area contributed by atoms with Crippen LogP contribution in [0.1, 0.15) is 20.8 Å². The number of thiocarbonyl (C=S) groups is 1. The lowest BCUT2D eigenvalue weighted by molar-refractivity contribution is -0.109. The molecule has 0 aromatic heterocycles. The number of hydrogen-bond acceptors (Lipinski definition) is 4. The van der Waals surface area contributed by atoms with Gasteiger partial charge in [0.05, 0.1) is 0 Å². The number of thioether (sulfide) groups is 1. The van der Waals surface area contributed by atoms with Crippen LogP contribution in [0.5, 0.6) is 0 Å². The van der Waals surface area contributed by atoms with E-state index in [-0.39, 0.29) is 5.12 Å². The molecule has 0 fully saturated rings. The molecule has 0 radical (unpaired) electrons. The van der Waals surface area contributed by atoms with Crippen LogP contribution in [0.25, 0.3) is 0 Å². The Morgan fingerprint density at radius 3 is 2.33 bits per heavy atom. The summed E-state index contributed by atoms with van der Waals surface area (Å²) in [5.74, 6) is 0. The molecule has 1 N–H and O–H groups in total. The van der Waals surface area contributed by atoms with Crippen molar-refractivity contribution < 1.29 is 4.79 Å². The van der Waals surface area contributed by atoms with E-state index in [1.54, 1.807) is 0 Å². The first-order valence-corrected chi connectivity index (χ1v) is 5.06. The van der Waals surface area contributed by atoms with Crippen molar-refractivity contribution >= 4 is 33.4 Å². The lowest BCUT2D eigenvalue weighted by Crippen LogP contribution is -2.40. The third-order valence-electron chi connectivity index (χ3n) is 1.25. The molecule has 0 saturated heterocycles. The van der Waals surface area contributed by atoms with Gasteiger partial charge >= 0.3 is 0 Å². The van der Waals surface area contributed by atoms with E-state index in [9.17, 15) is 4.79 Å². The van der Waals surface area contributed by atoms with Gasteiger partial charge in [0.2, 0.25) is 0 Å². The van der Waals surface area contributed by atoms with E-state index in [4.69, 9.17) is 12.2 Å². The molecule has 0 bridgehead atoms. The highest BCUT2D eigenvalue weighted by Gasteiger charge is 2.04. The molecular formula is C7H14N2OS2. The minimum absolute atomic E-state index is 0.0136. The molecular weight excluding hydrogens is 192 g/mol. The van der Waals surface area contributed by atoms with Gasteiger partial charge in [-0.05, 0) is 11.8 Å². The zero-order chi connectivity index (χ0) is 9.56. The zero-order valence-electron chi connectivity index (χ0n) is 7.59. The van der Waals surface area contributed by atoms with Gasteiger partial charge in [-0.15, -0.1) is 0 Å². The molecule has 70 valence electrons. The highest BCUT2D eigenvalue weighted by atomic mass is 32.2. The van der Waals surface area contributed by atoms with Gasteiger partial charge in [0.15, 0.2) is 9.44 Å². The Morgan fingerprint density at radius 1 is 1.50 bits per heavy atom. The van der Waals surface area contributed by atoms with Gasteiger partial charge in [-0.1, -0.05) is 26.1 Å². The molecule has 0 rings (SSSR count). The molecule has 12 heavy (non-hydrogen) atoms. The number of rotatable bonds is 3. The Labute approximate surface area is 82.9 Å². The maximum Gasteiger partial charge on any atom is 0.192 e. The molecule has 0 atom stereocenters.